The maximum Gasteiger partial charge on any atom is 0.222 e. The van der Waals surface area contributed by atoms with Crippen LogP contribution in [0.1, 0.15) is 36.8 Å². The topological polar surface area (TPSA) is 74.1 Å². The minimum atomic E-state index is -0.600. The van der Waals surface area contributed by atoms with Crippen LogP contribution in [0.3, 0.4) is 0 Å². The highest BCUT2D eigenvalue weighted by Gasteiger charge is 2.23. The molecule has 1 N–H and O–H groups in total. The molecule has 1 saturated heterocycles. The molecular formula is C19H33N5O3. The second kappa shape index (κ2) is 9.64. The number of nitrogens with zero attached hydrogens (tertiary/aromatic N) is 5. The first-order valence-electron chi connectivity index (χ1n) is 10.00. The van der Waals surface area contributed by atoms with Gasteiger partial charge in [0.05, 0.1) is 31.1 Å². The third kappa shape index (κ3) is 5.75. The van der Waals surface area contributed by atoms with Crippen LogP contribution in [0.4, 0.5) is 0 Å². The predicted molar refractivity (Wildman–Crippen MR) is 102 cm³/mol. The Balaban J connectivity index is 1.52. The first-order chi connectivity index (χ1) is 13.0. The van der Waals surface area contributed by atoms with E-state index in [0.717, 1.165) is 64.5 Å². The predicted octanol–water partition coefficient (Wildman–Crippen LogP) is 0.323. The van der Waals surface area contributed by atoms with E-state index in [1.807, 2.05) is 34.6 Å². The molecule has 0 radical (unpaired) electrons. The van der Waals surface area contributed by atoms with Crippen LogP contribution in [0.25, 0.3) is 0 Å². The van der Waals surface area contributed by atoms with Crippen molar-refractivity contribution < 1.29 is 14.6 Å². The molecule has 1 atom stereocenters. The molecule has 3 heterocycles. The minimum absolute atomic E-state index is 0.216. The van der Waals surface area contributed by atoms with Crippen LogP contribution in [-0.4, -0.2) is 95.5 Å². The van der Waals surface area contributed by atoms with Crippen molar-refractivity contribution in [3.63, 3.8) is 0 Å². The lowest BCUT2D eigenvalue weighted by atomic mass is 10.2. The molecule has 2 aliphatic heterocycles. The summed E-state index contributed by atoms with van der Waals surface area (Å²) in [7, 11) is 3.86. The van der Waals surface area contributed by atoms with Crippen molar-refractivity contribution in [1.29, 1.82) is 0 Å². The molecule has 1 aromatic heterocycles. The van der Waals surface area contributed by atoms with E-state index in [-0.39, 0.29) is 5.91 Å². The number of aliphatic hydroxyl groups excluding tert-OH is 1. The Labute approximate surface area is 161 Å². The molecule has 0 spiro atoms. The van der Waals surface area contributed by atoms with Crippen molar-refractivity contribution >= 4 is 5.91 Å². The van der Waals surface area contributed by atoms with Gasteiger partial charge in [-0.3, -0.25) is 14.4 Å². The number of carbonyl (C=O) groups excluding carboxylic acids is 1. The van der Waals surface area contributed by atoms with Gasteiger partial charge in [-0.1, -0.05) is 0 Å². The molecule has 0 bridgehead atoms. The van der Waals surface area contributed by atoms with Crippen molar-refractivity contribution in [2.24, 2.45) is 0 Å². The number of ether oxygens (including phenoxy) is 1. The van der Waals surface area contributed by atoms with Crippen LogP contribution in [0, 0.1) is 0 Å². The van der Waals surface area contributed by atoms with Gasteiger partial charge < -0.3 is 19.6 Å². The molecule has 1 aromatic rings. The van der Waals surface area contributed by atoms with Gasteiger partial charge in [0, 0.05) is 39.1 Å². The summed E-state index contributed by atoms with van der Waals surface area (Å²) in [5, 5.41) is 14.9. The Hall–Kier alpha value is -1.48. The Bertz CT molecular complexity index is 612. The number of fused-ring (bicyclic) bond motifs is 1. The Morgan fingerprint density at radius 1 is 1.30 bits per heavy atom. The third-order valence-electron chi connectivity index (χ3n) is 5.23. The van der Waals surface area contributed by atoms with Crippen LogP contribution in [0.2, 0.25) is 0 Å². The van der Waals surface area contributed by atoms with E-state index in [9.17, 15) is 9.90 Å². The van der Waals surface area contributed by atoms with Crippen LogP contribution < -0.4 is 0 Å². The van der Waals surface area contributed by atoms with Crippen LogP contribution in [0.15, 0.2) is 6.07 Å². The molecule has 1 unspecified atom stereocenters. The number of amides is 1. The largest absolute Gasteiger partial charge is 0.385 e. The highest BCUT2D eigenvalue weighted by atomic mass is 16.5. The second-order valence-electron chi connectivity index (χ2n) is 7.79. The van der Waals surface area contributed by atoms with Gasteiger partial charge in [-0.05, 0) is 39.5 Å². The number of hydrogen-bond donors (Lipinski definition) is 1. The standard InChI is InChI=1S/C19H33N5O3/c1-21(2)15-18(25)17-13-16-14-23(7-4-8-24(16)20-17)19(26)5-3-6-22-9-11-27-12-10-22/h13,18,25H,3-12,14-15H2,1-2H3. The molecule has 3 rings (SSSR count). The fourth-order valence-electron chi connectivity index (χ4n) is 3.74. The normalized spacial score (nSPS) is 19.8. The quantitative estimate of drug-likeness (QED) is 0.736. The van der Waals surface area contributed by atoms with E-state index in [1.54, 1.807) is 0 Å². The SMILES string of the molecule is CN(C)CC(O)c1cc2n(n1)CCCN(C(=O)CCCN1CCOCC1)C2. The van der Waals surface area contributed by atoms with E-state index in [1.165, 1.54) is 0 Å². The fourth-order valence-corrected chi connectivity index (χ4v) is 3.74. The molecule has 8 nitrogen and oxygen atoms in total. The molecule has 27 heavy (non-hydrogen) atoms. The van der Waals surface area contributed by atoms with Crippen molar-refractivity contribution in [1.82, 2.24) is 24.5 Å². The van der Waals surface area contributed by atoms with Crippen LogP contribution in [-0.2, 0) is 22.6 Å². The maximum atomic E-state index is 12.7. The Morgan fingerprint density at radius 2 is 2.07 bits per heavy atom. The molecule has 0 aromatic carbocycles. The van der Waals surface area contributed by atoms with E-state index in [0.29, 0.717) is 25.2 Å². The summed E-state index contributed by atoms with van der Waals surface area (Å²) in [4.78, 5) is 18.9. The highest BCUT2D eigenvalue weighted by Crippen LogP contribution is 2.19. The summed E-state index contributed by atoms with van der Waals surface area (Å²) in [6, 6.07) is 1.95. The van der Waals surface area contributed by atoms with Crippen molar-refractivity contribution in [3.05, 3.63) is 17.5 Å². The summed E-state index contributed by atoms with van der Waals surface area (Å²) < 4.78 is 7.32. The van der Waals surface area contributed by atoms with Gasteiger partial charge in [0.1, 0.15) is 6.10 Å². The molecule has 2 aliphatic rings. The fraction of sp³-hybridized carbons (Fsp3) is 0.789. The maximum absolute atomic E-state index is 12.7. The summed E-state index contributed by atoms with van der Waals surface area (Å²) in [6.07, 6.45) is 1.77. The van der Waals surface area contributed by atoms with E-state index < -0.39 is 6.10 Å². The first-order valence-corrected chi connectivity index (χ1v) is 10.00. The Kier molecular flexibility index (Phi) is 7.23. The zero-order valence-corrected chi connectivity index (χ0v) is 16.6. The number of likely N-dealkylation sites (N-methyl/N-ethyl adjacent to an activating group) is 1. The van der Waals surface area contributed by atoms with E-state index in [4.69, 9.17) is 4.74 Å². The van der Waals surface area contributed by atoms with Gasteiger partial charge in [0.2, 0.25) is 5.91 Å². The molecule has 1 amide bonds. The summed E-state index contributed by atoms with van der Waals surface area (Å²) in [6.45, 7) is 7.18. The number of carbonyl (C=O) groups is 1. The van der Waals surface area contributed by atoms with Gasteiger partial charge in [-0.25, -0.2) is 0 Å². The summed E-state index contributed by atoms with van der Waals surface area (Å²) in [5.41, 5.74) is 1.71. The van der Waals surface area contributed by atoms with E-state index >= 15 is 0 Å². The smallest absolute Gasteiger partial charge is 0.222 e. The highest BCUT2D eigenvalue weighted by molar-refractivity contribution is 5.76. The number of aromatic nitrogens is 2. The summed E-state index contributed by atoms with van der Waals surface area (Å²) >= 11 is 0. The number of hydrogen-bond acceptors (Lipinski definition) is 6. The Morgan fingerprint density at radius 3 is 2.81 bits per heavy atom. The molecule has 152 valence electrons. The number of aryl methyl sites for hydroxylation is 1. The lowest BCUT2D eigenvalue weighted by molar-refractivity contribution is -0.132. The average molecular weight is 380 g/mol. The number of rotatable bonds is 7. The van der Waals surface area contributed by atoms with Crippen LogP contribution in [0.5, 0.6) is 0 Å². The molecular weight excluding hydrogens is 346 g/mol. The van der Waals surface area contributed by atoms with E-state index in [2.05, 4.69) is 10.00 Å². The molecule has 8 heteroatoms. The van der Waals surface area contributed by atoms with Crippen molar-refractivity contribution in [2.45, 2.75) is 38.5 Å². The number of morpholine rings is 1. The summed E-state index contributed by atoms with van der Waals surface area (Å²) in [5.74, 6) is 0.216. The molecule has 0 saturated carbocycles. The third-order valence-corrected chi connectivity index (χ3v) is 5.23. The van der Waals surface area contributed by atoms with Gasteiger partial charge in [0.25, 0.3) is 0 Å². The average Bonchev–Trinajstić information content (AvgIpc) is 2.94. The van der Waals surface area contributed by atoms with Crippen LogP contribution >= 0.6 is 0 Å². The monoisotopic (exact) mass is 379 g/mol. The minimum Gasteiger partial charge on any atom is -0.385 e. The van der Waals surface area contributed by atoms with Crippen molar-refractivity contribution in [3.8, 4) is 0 Å². The zero-order valence-electron chi connectivity index (χ0n) is 16.6. The second-order valence-corrected chi connectivity index (χ2v) is 7.79. The zero-order chi connectivity index (χ0) is 19.2. The van der Waals surface area contributed by atoms with Gasteiger partial charge in [0.15, 0.2) is 0 Å². The lowest BCUT2D eigenvalue weighted by Crippen LogP contribution is -2.37. The van der Waals surface area contributed by atoms with Gasteiger partial charge in [-0.15, -0.1) is 0 Å². The lowest BCUT2D eigenvalue weighted by Gasteiger charge is -2.27. The van der Waals surface area contributed by atoms with Gasteiger partial charge >= 0.3 is 0 Å². The molecule has 0 aliphatic carbocycles. The molecule has 1 fully saturated rings. The van der Waals surface area contributed by atoms with Gasteiger partial charge in [-0.2, -0.15) is 5.10 Å². The first kappa shape index (κ1) is 20.3. The number of aliphatic hydroxyl groups is 1. The van der Waals surface area contributed by atoms with Crippen molar-refractivity contribution in [2.75, 3.05) is 60.0 Å².